The summed E-state index contributed by atoms with van der Waals surface area (Å²) in [6, 6.07) is 18.1. The molecule has 0 bridgehead atoms. The Hall–Kier alpha value is -3.40. The van der Waals surface area contributed by atoms with E-state index < -0.39 is 0 Å². The van der Waals surface area contributed by atoms with E-state index >= 15 is 0 Å². The minimum Gasteiger partial charge on any atom is -0.205 e. The molecule has 4 aromatic rings. The Morgan fingerprint density at radius 3 is 0.636 bits per heavy atom. The fraction of sp³-hybridized carbons (Fsp3) is 0.608. The molecule has 55 heavy (non-hydrogen) atoms. The Balaban J connectivity index is 1.04. The van der Waals surface area contributed by atoms with E-state index in [2.05, 4.69) is 130 Å². The number of hydrogen-bond acceptors (Lipinski definition) is 0. The van der Waals surface area contributed by atoms with E-state index in [4.69, 9.17) is 0 Å². The van der Waals surface area contributed by atoms with Gasteiger partial charge in [-0.3, -0.25) is 0 Å². The van der Waals surface area contributed by atoms with Crippen LogP contribution < -0.4 is 18.3 Å². The Bertz CT molecular complexity index is 1360. The van der Waals surface area contributed by atoms with E-state index in [-0.39, 0.29) is 0 Å². The van der Waals surface area contributed by atoms with Crippen LogP contribution in [0.1, 0.15) is 174 Å². The second-order valence-corrected chi connectivity index (χ2v) is 16.4. The maximum absolute atomic E-state index is 2.35. The number of pyridine rings is 4. The van der Waals surface area contributed by atoms with Crippen LogP contribution in [0.5, 0.6) is 0 Å². The molecule has 0 spiro atoms. The number of aryl methyl sites for hydroxylation is 4. The lowest BCUT2D eigenvalue weighted by Crippen LogP contribution is -2.38. The summed E-state index contributed by atoms with van der Waals surface area (Å²) in [5.41, 5.74) is 5.16. The van der Waals surface area contributed by atoms with Gasteiger partial charge in [-0.1, -0.05) is 142 Å². The van der Waals surface area contributed by atoms with Crippen molar-refractivity contribution in [3.63, 3.8) is 0 Å². The van der Waals surface area contributed by atoms with Gasteiger partial charge in [-0.2, -0.15) is 0 Å². The summed E-state index contributed by atoms with van der Waals surface area (Å²) >= 11 is 0. The topological polar surface area (TPSA) is 15.5 Å². The molecule has 0 atom stereocenters. The predicted octanol–water partition coefficient (Wildman–Crippen LogP) is 12.7. The monoisotopic (exact) mass is 749 g/mol. The highest BCUT2D eigenvalue weighted by atomic mass is 15.0. The summed E-state index contributed by atoms with van der Waals surface area (Å²) in [6.07, 6.45) is 52.7. The largest absolute Gasteiger partial charge is 0.205 e. The first kappa shape index (κ1) is 44.3. The number of aromatic nitrogens is 4. The van der Waals surface area contributed by atoms with E-state index in [0.717, 1.165) is 32.6 Å². The predicted molar refractivity (Wildman–Crippen MR) is 231 cm³/mol. The number of rotatable bonds is 32. The van der Waals surface area contributed by atoms with Crippen LogP contribution in [0.2, 0.25) is 0 Å². The van der Waals surface area contributed by atoms with Gasteiger partial charge in [0, 0.05) is 61.4 Å². The Morgan fingerprint density at radius 1 is 0.236 bits per heavy atom. The van der Waals surface area contributed by atoms with Crippen molar-refractivity contribution in [1.82, 2.24) is 0 Å². The SMILES string of the molecule is CCCCCCCCCCCCCC[n+]1ccc(-c2cc[n+](CCC[n+]3ccc(-c4cc[n+](CCCCCCCCCCCCCC)cc4)cc3)cc2)cc1. The second kappa shape index (κ2) is 28.9. The minimum atomic E-state index is 1.01. The second-order valence-electron chi connectivity index (χ2n) is 16.4. The van der Waals surface area contributed by atoms with Crippen molar-refractivity contribution in [2.45, 2.75) is 201 Å². The standard InChI is InChI=1S/C51H80N4/c1-3-5-7-9-11-13-15-17-19-21-23-25-36-52-40-28-48(29-41-52)50-32-44-54(45-33-50)38-27-39-55-46-34-51(35-47-55)49-30-42-53(43-31-49)37-26-24-22-20-18-16-14-12-10-8-6-4-2/h28-35,40-47H,3-27,36-39H2,1-2H3/q+4. The smallest absolute Gasteiger partial charge is 0.169 e. The Kier molecular flexibility index (Phi) is 23.3. The Morgan fingerprint density at radius 2 is 0.418 bits per heavy atom. The van der Waals surface area contributed by atoms with Crippen LogP contribution in [0.15, 0.2) is 98.1 Å². The molecule has 300 valence electrons. The molecule has 4 aromatic heterocycles. The van der Waals surface area contributed by atoms with Crippen LogP contribution >= 0.6 is 0 Å². The van der Waals surface area contributed by atoms with Crippen molar-refractivity contribution in [2.24, 2.45) is 0 Å². The van der Waals surface area contributed by atoms with Crippen molar-refractivity contribution in [3.05, 3.63) is 98.1 Å². The zero-order valence-corrected chi connectivity index (χ0v) is 35.5. The van der Waals surface area contributed by atoms with Gasteiger partial charge in [0.1, 0.15) is 13.1 Å². The molecule has 0 radical (unpaired) electrons. The highest BCUT2D eigenvalue weighted by Crippen LogP contribution is 2.18. The molecule has 0 aromatic carbocycles. The Labute approximate surface area is 338 Å². The summed E-state index contributed by atoms with van der Waals surface area (Å²) in [7, 11) is 0. The van der Waals surface area contributed by atoms with Crippen molar-refractivity contribution in [2.75, 3.05) is 0 Å². The number of hydrogen-bond donors (Lipinski definition) is 0. The molecule has 0 unspecified atom stereocenters. The molecule has 0 amide bonds. The molecule has 0 aliphatic carbocycles. The molecule has 0 fully saturated rings. The van der Waals surface area contributed by atoms with Crippen LogP contribution in [-0.2, 0) is 26.2 Å². The van der Waals surface area contributed by atoms with Crippen LogP contribution in [0.4, 0.5) is 0 Å². The van der Waals surface area contributed by atoms with Crippen LogP contribution in [0.3, 0.4) is 0 Å². The van der Waals surface area contributed by atoms with Crippen molar-refractivity contribution >= 4 is 0 Å². The minimum absolute atomic E-state index is 1.01. The third-order valence-electron chi connectivity index (χ3n) is 11.6. The lowest BCUT2D eigenvalue weighted by atomic mass is 10.1. The van der Waals surface area contributed by atoms with Crippen LogP contribution in [0.25, 0.3) is 22.3 Å². The lowest BCUT2D eigenvalue weighted by molar-refractivity contribution is -0.726. The third-order valence-corrected chi connectivity index (χ3v) is 11.6. The fourth-order valence-electron chi connectivity index (χ4n) is 7.90. The van der Waals surface area contributed by atoms with E-state index in [1.165, 1.54) is 176 Å². The normalized spacial score (nSPS) is 11.4. The third kappa shape index (κ3) is 19.3. The molecule has 4 heterocycles. The van der Waals surface area contributed by atoms with Crippen molar-refractivity contribution in [1.29, 1.82) is 0 Å². The first-order chi connectivity index (χ1) is 27.2. The zero-order valence-electron chi connectivity index (χ0n) is 35.5. The maximum atomic E-state index is 2.35. The van der Waals surface area contributed by atoms with Crippen LogP contribution in [-0.4, -0.2) is 0 Å². The average Bonchev–Trinajstić information content (AvgIpc) is 3.23. The number of nitrogens with zero attached hydrogens (tertiary/aromatic N) is 4. The van der Waals surface area contributed by atoms with E-state index in [9.17, 15) is 0 Å². The molecular weight excluding hydrogens is 669 g/mol. The molecule has 0 saturated carbocycles. The molecular formula is C51H80N4+4. The molecule has 0 N–H and O–H groups in total. The summed E-state index contributed by atoms with van der Waals surface area (Å²) in [5, 5.41) is 0. The van der Waals surface area contributed by atoms with Gasteiger partial charge in [-0.05, 0) is 35.1 Å². The maximum Gasteiger partial charge on any atom is 0.169 e. The van der Waals surface area contributed by atoms with Crippen LogP contribution in [0, 0.1) is 0 Å². The highest BCUT2D eigenvalue weighted by molar-refractivity contribution is 5.61. The van der Waals surface area contributed by atoms with Gasteiger partial charge in [0.15, 0.2) is 62.7 Å². The molecule has 0 saturated heterocycles. The van der Waals surface area contributed by atoms with Gasteiger partial charge < -0.3 is 0 Å². The van der Waals surface area contributed by atoms with E-state index in [1.54, 1.807) is 0 Å². The lowest BCUT2D eigenvalue weighted by Gasteiger charge is -2.03. The van der Waals surface area contributed by atoms with E-state index in [1.807, 2.05) is 0 Å². The first-order valence-electron chi connectivity index (χ1n) is 23.2. The van der Waals surface area contributed by atoms with Gasteiger partial charge in [0.2, 0.25) is 0 Å². The van der Waals surface area contributed by atoms with Gasteiger partial charge in [-0.15, -0.1) is 0 Å². The fourth-order valence-corrected chi connectivity index (χ4v) is 7.90. The molecule has 4 heteroatoms. The summed E-state index contributed by atoms with van der Waals surface area (Å²) in [5.74, 6) is 0. The molecule has 0 aliphatic heterocycles. The summed E-state index contributed by atoms with van der Waals surface area (Å²) < 4.78 is 9.32. The van der Waals surface area contributed by atoms with Crippen molar-refractivity contribution < 1.29 is 18.3 Å². The zero-order chi connectivity index (χ0) is 38.4. The quantitative estimate of drug-likeness (QED) is 0.0349. The summed E-state index contributed by atoms with van der Waals surface area (Å²) in [6.45, 7) is 8.87. The van der Waals surface area contributed by atoms with Gasteiger partial charge in [-0.25, -0.2) is 18.3 Å². The highest BCUT2D eigenvalue weighted by Gasteiger charge is 2.10. The molecule has 4 rings (SSSR count). The summed E-state index contributed by atoms with van der Waals surface area (Å²) in [4.78, 5) is 0. The van der Waals surface area contributed by atoms with Gasteiger partial charge in [0.25, 0.3) is 0 Å². The van der Waals surface area contributed by atoms with Gasteiger partial charge >= 0.3 is 0 Å². The molecule has 4 nitrogen and oxygen atoms in total. The van der Waals surface area contributed by atoms with Crippen molar-refractivity contribution in [3.8, 4) is 22.3 Å². The average molecular weight is 749 g/mol. The molecule has 0 aliphatic rings. The van der Waals surface area contributed by atoms with Gasteiger partial charge in [0.05, 0.1) is 6.42 Å². The van der Waals surface area contributed by atoms with E-state index in [0.29, 0.717) is 0 Å². The first-order valence-corrected chi connectivity index (χ1v) is 23.2. The number of unbranched alkanes of at least 4 members (excludes halogenated alkanes) is 22.